The summed E-state index contributed by atoms with van der Waals surface area (Å²) in [6.07, 6.45) is -3.03. The number of hydrogen-bond donors (Lipinski definition) is 0. The Kier molecular flexibility index (Phi) is 4.10. The molecule has 0 radical (unpaired) electrons. The van der Waals surface area contributed by atoms with E-state index in [9.17, 15) is 13.6 Å². The Morgan fingerprint density at radius 1 is 1.65 bits per heavy atom. The van der Waals surface area contributed by atoms with Gasteiger partial charge in [0.1, 0.15) is 11.8 Å². The van der Waals surface area contributed by atoms with Gasteiger partial charge in [-0.05, 0) is 18.6 Å². The van der Waals surface area contributed by atoms with E-state index in [0.29, 0.717) is 0 Å². The number of nitrogens with zero attached hydrogens (tertiary/aromatic N) is 2. The fourth-order valence-corrected chi connectivity index (χ4v) is 1.33. The average Bonchev–Trinajstić information content (AvgIpc) is 2.30. The number of ether oxygens (including phenoxy) is 1. The van der Waals surface area contributed by atoms with Gasteiger partial charge in [-0.2, -0.15) is 5.26 Å². The molecule has 0 spiro atoms. The van der Waals surface area contributed by atoms with Crippen LogP contribution in [0.15, 0.2) is 6.07 Å². The van der Waals surface area contributed by atoms with Crippen LogP contribution in [0, 0.1) is 18.3 Å². The van der Waals surface area contributed by atoms with Gasteiger partial charge in [-0.1, -0.05) is 0 Å². The van der Waals surface area contributed by atoms with Crippen LogP contribution in [0.5, 0.6) is 0 Å². The van der Waals surface area contributed by atoms with Crippen molar-refractivity contribution in [1.29, 1.82) is 5.26 Å². The zero-order valence-corrected chi connectivity index (χ0v) is 9.33. The molecule has 0 unspecified atom stereocenters. The number of alkyl halides is 2. The van der Waals surface area contributed by atoms with E-state index in [0.717, 1.165) is 0 Å². The number of nitriles is 1. The summed E-state index contributed by atoms with van der Waals surface area (Å²) in [5, 5.41) is 8.83. The van der Waals surface area contributed by atoms with E-state index in [1.807, 2.05) is 6.07 Å². The van der Waals surface area contributed by atoms with Gasteiger partial charge in [-0.15, -0.1) is 0 Å². The fraction of sp³-hybridized carbons (Fsp3) is 0.364. The first-order chi connectivity index (χ1) is 7.99. The second kappa shape index (κ2) is 5.34. The summed E-state index contributed by atoms with van der Waals surface area (Å²) < 4.78 is 29.6. The molecule has 1 aromatic rings. The molecule has 4 nitrogen and oxygen atoms in total. The van der Waals surface area contributed by atoms with Gasteiger partial charge < -0.3 is 4.74 Å². The summed E-state index contributed by atoms with van der Waals surface area (Å²) in [5.41, 5.74) is -0.0642. The van der Waals surface area contributed by atoms with E-state index in [-0.39, 0.29) is 23.2 Å². The lowest BCUT2D eigenvalue weighted by Crippen LogP contribution is -2.10. The lowest BCUT2D eigenvalue weighted by atomic mass is 10.1. The Morgan fingerprint density at radius 2 is 2.29 bits per heavy atom. The number of methoxy groups -OCH3 is 1. The van der Waals surface area contributed by atoms with Gasteiger partial charge in [0, 0.05) is 0 Å². The highest BCUT2D eigenvalue weighted by Gasteiger charge is 2.18. The molecule has 0 aliphatic carbocycles. The molecule has 6 heteroatoms. The second-order valence-corrected chi connectivity index (χ2v) is 3.35. The number of hydrogen-bond acceptors (Lipinski definition) is 4. The number of carbonyl (C=O) groups excluding carboxylic acids is 1. The molecule has 0 fully saturated rings. The Morgan fingerprint density at radius 3 is 2.76 bits per heavy atom. The minimum absolute atomic E-state index is 0.0141. The van der Waals surface area contributed by atoms with Gasteiger partial charge in [0.05, 0.1) is 24.8 Å². The topological polar surface area (TPSA) is 63.0 Å². The molecule has 0 aliphatic heterocycles. The van der Waals surface area contributed by atoms with Crippen molar-refractivity contribution in [3.8, 4) is 6.07 Å². The highest BCUT2D eigenvalue weighted by Crippen LogP contribution is 2.22. The number of carbonyl (C=O) groups is 1. The molecule has 1 heterocycles. The molecular weight excluding hydrogens is 230 g/mol. The minimum Gasteiger partial charge on any atom is -0.469 e. The largest absolute Gasteiger partial charge is 0.469 e. The summed E-state index contributed by atoms with van der Waals surface area (Å²) in [5.74, 6) is -0.627. The molecule has 0 atom stereocenters. The number of rotatable bonds is 3. The number of halogens is 2. The third-order valence-electron chi connectivity index (χ3n) is 2.20. The predicted octanol–water partition coefficient (Wildman–Crippen LogP) is 1.91. The average molecular weight is 240 g/mol. The fourth-order valence-electron chi connectivity index (χ4n) is 1.33. The van der Waals surface area contributed by atoms with Crippen molar-refractivity contribution >= 4 is 5.97 Å². The quantitative estimate of drug-likeness (QED) is 0.757. The van der Waals surface area contributed by atoms with Crippen LogP contribution in [-0.2, 0) is 16.0 Å². The summed E-state index contributed by atoms with van der Waals surface area (Å²) in [4.78, 5) is 14.7. The third-order valence-corrected chi connectivity index (χ3v) is 2.20. The van der Waals surface area contributed by atoms with Crippen molar-refractivity contribution in [2.24, 2.45) is 0 Å². The van der Waals surface area contributed by atoms with Gasteiger partial charge in [-0.25, -0.2) is 13.8 Å². The minimum atomic E-state index is -2.74. The Bertz CT molecular complexity index is 481. The second-order valence-electron chi connectivity index (χ2n) is 3.35. The van der Waals surface area contributed by atoms with Crippen LogP contribution in [0.2, 0.25) is 0 Å². The summed E-state index contributed by atoms with van der Waals surface area (Å²) in [6, 6.07) is 3.12. The molecule has 0 saturated heterocycles. The molecule has 1 aromatic heterocycles. The van der Waals surface area contributed by atoms with E-state index in [2.05, 4.69) is 9.72 Å². The molecule has 0 aliphatic rings. The monoisotopic (exact) mass is 240 g/mol. The van der Waals surface area contributed by atoms with Gasteiger partial charge in [0.15, 0.2) is 0 Å². The number of aromatic nitrogens is 1. The molecule has 0 amide bonds. The normalized spacial score (nSPS) is 10.1. The first kappa shape index (κ1) is 13.0. The zero-order valence-electron chi connectivity index (χ0n) is 9.33. The van der Waals surface area contributed by atoms with Crippen LogP contribution in [0.25, 0.3) is 0 Å². The Labute approximate surface area is 96.8 Å². The maximum Gasteiger partial charge on any atom is 0.311 e. The van der Waals surface area contributed by atoms with Gasteiger partial charge in [0.25, 0.3) is 6.43 Å². The van der Waals surface area contributed by atoms with E-state index in [4.69, 9.17) is 5.26 Å². The van der Waals surface area contributed by atoms with Crippen LogP contribution in [0.1, 0.15) is 28.9 Å². The molecule has 17 heavy (non-hydrogen) atoms. The summed E-state index contributed by atoms with van der Waals surface area (Å²) >= 11 is 0. The molecule has 90 valence electrons. The predicted molar refractivity (Wildman–Crippen MR) is 54.4 cm³/mol. The molecule has 0 N–H and O–H groups in total. The number of esters is 1. The van der Waals surface area contributed by atoms with Crippen LogP contribution in [0.4, 0.5) is 8.78 Å². The lowest BCUT2D eigenvalue weighted by Gasteiger charge is -2.08. The smallest absolute Gasteiger partial charge is 0.311 e. The highest BCUT2D eigenvalue weighted by atomic mass is 19.3. The van der Waals surface area contributed by atoms with Crippen molar-refractivity contribution < 1.29 is 18.3 Å². The van der Waals surface area contributed by atoms with E-state index < -0.39 is 18.1 Å². The maximum absolute atomic E-state index is 12.6. The Hall–Kier alpha value is -2.03. The molecule has 0 aromatic carbocycles. The van der Waals surface area contributed by atoms with Gasteiger partial charge >= 0.3 is 5.97 Å². The van der Waals surface area contributed by atoms with Crippen molar-refractivity contribution in [1.82, 2.24) is 4.98 Å². The maximum atomic E-state index is 12.6. The molecule has 1 rings (SSSR count). The number of aryl methyl sites for hydroxylation is 1. The SMILES string of the molecule is COC(=O)Cc1nc(C(F)F)c(C)cc1C#N. The molecule has 0 bridgehead atoms. The molecular formula is C11H10F2N2O2. The molecule has 0 saturated carbocycles. The van der Waals surface area contributed by atoms with E-state index in [1.165, 1.54) is 20.1 Å². The van der Waals surface area contributed by atoms with Crippen molar-refractivity contribution in [2.45, 2.75) is 19.8 Å². The third kappa shape index (κ3) is 2.97. The Balaban J connectivity index is 3.23. The lowest BCUT2D eigenvalue weighted by molar-refractivity contribution is -0.139. The number of pyridine rings is 1. The highest BCUT2D eigenvalue weighted by molar-refractivity contribution is 5.72. The van der Waals surface area contributed by atoms with Crippen LogP contribution in [-0.4, -0.2) is 18.1 Å². The summed E-state index contributed by atoms with van der Waals surface area (Å²) in [7, 11) is 1.18. The van der Waals surface area contributed by atoms with E-state index in [1.54, 1.807) is 0 Å². The van der Waals surface area contributed by atoms with Crippen LogP contribution >= 0.6 is 0 Å². The standard InChI is InChI=1S/C11H10F2N2O2/c1-6-3-7(5-14)8(4-9(16)17-2)15-10(6)11(12)13/h3,11H,4H2,1-2H3. The van der Waals surface area contributed by atoms with Gasteiger partial charge in [-0.3, -0.25) is 4.79 Å². The van der Waals surface area contributed by atoms with Crippen molar-refractivity contribution in [3.05, 3.63) is 28.6 Å². The van der Waals surface area contributed by atoms with Crippen LogP contribution < -0.4 is 0 Å². The van der Waals surface area contributed by atoms with Gasteiger partial charge in [0.2, 0.25) is 0 Å². The van der Waals surface area contributed by atoms with Crippen molar-refractivity contribution in [2.75, 3.05) is 7.11 Å². The van der Waals surface area contributed by atoms with E-state index >= 15 is 0 Å². The van der Waals surface area contributed by atoms with Crippen molar-refractivity contribution in [3.63, 3.8) is 0 Å². The zero-order chi connectivity index (χ0) is 13.0. The first-order valence-corrected chi connectivity index (χ1v) is 4.75. The van der Waals surface area contributed by atoms with Crippen LogP contribution in [0.3, 0.4) is 0 Å². The first-order valence-electron chi connectivity index (χ1n) is 4.75. The summed E-state index contributed by atoms with van der Waals surface area (Å²) in [6.45, 7) is 1.44.